The third-order valence-corrected chi connectivity index (χ3v) is 4.26. The van der Waals surface area contributed by atoms with Crippen LogP contribution in [0, 0.1) is 10.1 Å². The summed E-state index contributed by atoms with van der Waals surface area (Å²) in [6.07, 6.45) is -4.56. The van der Waals surface area contributed by atoms with E-state index in [0.717, 1.165) is 24.3 Å². The highest BCUT2D eigenvalue weighted by Gasteiger charge is 2.32. The minimum atomic E-state index is -4.56. The SMILES string of the molecule is O=C(Nc1cc(C(F)(F)F)ccc1N1CCOCC1)c1ccc([N+](=O)[O-])cc1. The molecule has 0 aromatic heterocycles. The first-order valence-corrected chi connectivity index (χ1v) is 8.35. The number of amides is 1. The molecule has 1 saturated heterocycles. The number of hydrogen-bond donors (Lipinski definition) is 1. The van der Waals surface area contributed by atoms with E-state index < -0.39 is 22.6 Å². The van der Waals surface area contributed by atoms with Crippen LogP contribution >= 0.6 is 0 Å². The maximum Gasteiger partial charge on any atom is 0.416 e. The van der Waals surface area contributed by atoms with E-state index in [0.29, 0.717) is 32.0 Å². The fourth-order valence-corrected chi connectivity index (χ4v) is 2.82. The average Bonchev–Trinajstić information content (AvgIpc) is 2.68. The van der Waals surface area contributed by atoms with E-state index in [4.69, 9.17) is 4.74 Å². The second-order valence-electron chi connectivity index (χ2n) is 6.09. The van der Waals surface area contributed by atoms with Crippen molar-refractivity contribution in [2.75, 3.05) is 36.5 Å². The molecule has 0 bridgehead atoms. The molecule has 0 radical (unpaired) electrons. The van der Waals surface area contributed by atoms with E-state index in [1.165, 1.54) is 18.2 Å². The van der Waals surface area contributed by atoms with Crippen molar-refractivity contribution >= 4 is 23.0 Å². The van der Waals surface area contributed by atoms with Gasteiger partial charge < -0.3 is 15.0 Å². The standard InChI is InChI=1S/C18H16F3N3O4/c19-18(20,21)13-3-6-16(23-7-9-28-10-8-23)15(11-13)22-17(25)12-1-4-14(5-2-12)24(26)27/h1-6,11H,7-10H2,(H,22,25). The number of ether oxygens (including phenoxy) is 1. The van der Waals surface area contributed by atoms with Gasteiger partial charge in [0, 0.05) is 30.8 Å². The number of hydrogen-bond acceptors (Lipinski definition) is 5. The van der Waals surface area contributed by atoms with E-state index in [1.54, 1.807) is 0 Å². The van der Waals surface area contributed by atoms with Gasteiger partial charge in [0.1, 0.15) is 0 Å². The summed E-state index contributed by atoms with van der Waals surface area (Å²) in [7, 11) is 0. The first-order valence-electron chi connectivity index (χ1n) is 8.35. The Balaban J connectivity index is 1.91. The van der Waals surface area contributed by atoms with Gasteiger partial charge in [-0.1, -0.05) is 0 Å². The zero-order valence-corrected chi connectivity index (χ0v) is 14.5. The van der Waals surface area contributed by atoms with Crippen LogP contribution in [-0.4, -0.2) is 37.1 Å². The Morgan fingerprint density at radius 3 is 2.32 bits per heavy atom. The van der Waals surface area contributed by atoms with Crippen LogP contribution in [0.25, 0.3) is 0 Å². The van der Waals surface area contributed by atoms with Gasteiger partial charge >= 0.3 is 6.18 Å². The van der Waals surface area contributed by atoms with Crippen molar-refractivity contribution in [1.29, 1.82) is 0 Å². The molecule has 1 heterocycles. The molecule has 1 aliphatic heterocycles. The molecule has 7 nitrogen and oxygen atoms in total. The molecule has 0 unspecified atom stereocenters. The van der Waals surface area contributed by atoms with Crippen molar-refractivity contribution in [2.45, 2.75) is 6.18 Å². The molecule has 1 amide bonds. The number of nitrogens with zero attached hydrogens (tertiary/aromatic N) is 2. The Hall–Kier alpha value is -3.14. The van der Waals surface area contributed by atoms with Crippen LogP contribution in [0.1, 0.15) is 15.9 Å². The molecule has 28 heavy (non-hydrogen) atoms. The molecule has 148 valence electrons. The number of nitro benzene ring substituents is 1. The minimum absolute atomic E-state index is 0.0140. The van der Waals surface area contributed by atoms with Crippen LogP contribution in [-0.2, 0) is 10.9 Å². The van der Waals surface area contributed by atoms with Crippen molar-refractivity contribution in [2.24, 2.45) is 0 Å². The largest absolute Gasteiger partial charge is 0.416 e. The highest BCUT2D eigenvalue weighted by Crippen LogP contribution is 2.36. The Morgan fingerprint density at radius 1 is 1.11 bits per heavy atom. The molecule has 0 saturated carbocycles. The van der Waals surface area contributed by atoms with E-state index in [2.05, 4.69) is 5.32 Å². The van der Waals surface area contributed by atoms with E-state index in [1.807, 2.05) is 4.90 Å². The third kappa shape index (κ3) is 4.39. The van der Waals surface area contributed by atoms with Crippen molar-refractivity contribution in [1.82, 2.24) is 0 Å². The molecule has 2 aromatic carbocycles. The van der Waals surface area contributed by atoms with Gasteiger partial charge in [-0.05, 0) is 30.3 Å². The second-order valence-corrected chi connectivity index (χ2v) is 6.09. The molecule has 10 heteroatoms. The number of anilines is 2. The highest BCUT2D eigenvalue weighted by molar-refractivity contribution is 6.06. The number of carbonyl (C=O) groups excluding carboxylic acids is 1. The van der Waals surface area contributed by atoms with Crippen molar-refractivity contribution in [3.63, 3.8) is 0 Å². The number of benzene rings is 2. The van der Waals surface area contributed by atoms with Crippen molar-refractivity contribution in [3.05, 3.63) is 63.7 Å². The number of non-ortho nitro benzene ring substituents is 1. The van der Waals surface area contributed by atoms with Crippen molar-refractivity contribution < 1.29 is 27.6 Å². The van der Waals surface area contributed by atoms with E-state index >= 15 is 0 Å². The van der Waals surface area contributed by atoms with Gasteiger partial charge in [-0.25, -0.2) is 0 Å². The van der Waals surface area contributed by atoms with Gasteiger partial charge in [0.25, 0.3) is 11.6 Å². The molecule has 0 spiro atoms. The summed E-state index contributed by atoms with van der Waals surface area (Å²) in [5.41, 5.74) is -0.518. The summed E-state index contributed by atoms with van der Waals surface area (Å²) in [6.45, 7) is 1.81. The zero-order valence-electron chi connectivity index (χ0n) is 14.5. The summed E-state index contributed by atoms with van der Waals surface area (Å²) in [6, 6.07) is 7.97. The lowest BCUT2D eigenvalue weighted by Gasteiger charge is -2.31. The summed E-state index contributed by atoms with van der Waals surface area (Å²) in [5.74, 6) is -0.663. The number of halogens is 3. The second kappa shape index (κ2) is 7.85. The molecule has 3 rings (SSSR count). The molecule has 0 atom stereocenters. The van der Waals surface area contributed by atoms with Crippen LogP contribution in [0.15, 0.2) is 42.5 Å². The average molecular weight is 395 g/mol. The lowest BCUT2D eigenvalue weighted by Crippen LogP contribution is -2.36. The van der Waals surface area contributed by atoms with Crippen LogP contribution in [0.3, 0.4) is 0 Å². The zero-order chi connectivity index (χ0) is 20.3. The molecular formula is C18H16F3N3O4. The molecule has 2 aromatic rings. The Bertz CT molecular complexity index is 879. The van der Waals surface area contributed by atoms with E-state index in [-0.39, 0.29) is 16.9 Å². The molecule has 1 fully saturated rings. The number of carbonyl (C=O) groups is 1. The van der Waals surface area contributed by atoms with Crippen molar-refractivity contribution in [3.8, 4) is 0 Å². The maximum absolute atomic E-state index is 13.1. The van der Waals surface area contributed by atoms with Crippen LogP contribution < -0.4 is 10.2 Å². The fraction of sp³-hybridized carbons (Fsp3) is 0.278. The first-order chi connectivity index (χ1) is 13.3. The molecule has 1 N–H and O–H groups in total. The maximum atomic E-state index is 13.1. The topological polar surface area (TPSA) is 84.7 Å². The van der Waals surface area contributed by atoms with Gasteiger partial charge in [0.2, 0.25) is 0 Å². The normalized spacial score (nSPS) is 14.6. The summed E-state index contributed by atoms with van der Waals surface area (Å²) >= 11 is 0. The monoisotopic (exact) mass is 395 g/mol. The molecular weight excluding hydrogens is 379 g/mol. The van der Waals surface area contributed by atoms with E-state index in [9.17, 15) is 28.1 Å². The number of nitro groups is 1. The quantitative estimate of drug-likeness (QED) is 0.630. The van der Waals surface area contributed by atoms with Gasteiger partial charge in [-0.15, -0.1) is 0 Å². The van der Waals surface area contributed by atoms with Crippen LogP contribution in [0.2, 0.25) is 0 Å². The van der Waals surface area contributed by atoms with Gasteiger partial charge in [0.15, 0.2) is 0 Å². The lowest BCUT2D eigenvalue weighted by atomic mass is 10.1. The number of rotatable bonds is 4. The molecule has 1 aliphatic rings. The highest BCUT2D eigenvalue weighted by atomic mass is 19.4. The van der Waals surface area contributed by atoms with Gasteiger partial charge in [-0.2, -0.15) is 13.2 Å². The fourth-order valence-electron chi connectivity index (χ4n) is 2.82. The van der Waals surface area contributed by atoms with Crippen LogP contribution in [0.5, 0.6) is 0 Å². The number of nitrogens with one attached hydrogen (secondary N) is 1. The van der Waals surface area contributed by atoms with Gasteiger partial charge in [0.05, 0.1) is 35.1 Å². The third-order valence-electron chi connectivity index (χ3n) is 4.26. The minimum Gasteiger partial charge on any atom is -0.378 e. The summed E-state index contributed by atoms with van der Waals surface area (Å²) in [4.78, 5) is 24.4. The Morgan fingerprint density at radius 2 is 1.75 bits per heavy atom. The first kappa shape index (κ1) is 19.6. The number of morpholine rings is 1. The Labute approximate surface area is 157 Å². The predicted molar refractivity (Wildman–Crippen MR) is 95.5 cm³/mol. The summed E-state index contributed by atoms with van der Waals surface area (Å²) in [5, 5.41) is 13.2. The lowest BCUT2D eigenvalue weighted by molar-refractivity contribution is -0.384. The summed E-state index contributed by atoms with van der Waals surface area (Å²) < 4.78 is 44.6. The Kier molecular flexibility index (Phi) is 5.50. The smallest absolute Gasteiger partial charge is 0.378 e. The number of alkyl halides is 3. The molecule has 0 aliphatic carbocycles. The predicted octanol–water partition coefficient (Wildman–Crippen LogP) is 3.70. The van der Waals surface area contributed by atoms with Gasteiger partial charge in [-0.3, -0.25) is 14.9 Å². The van der Waals surface area contributed by atoms with Crippen LogP contribution in [0.4, 0.5) is 30.2 Å².